The van der Waals surface area contributed by atoms with Gasteiger partial charge >= 0.3 is 0 Å². The van der Waals surface area contributed by atoms with E-state index in [-0.39, 0.29) is 24.7 Å². The van der Waals surface area contributed by atoms with E-state index in [2.05, 4.69) is 10.3 Å². The molecule has 20 heavy (non-hydrogen) atoms. The van der Waals surface area contributed by atoms with Crippen LogP contribution >= 0.6 is 0 Å². The molecule has 2 unspecified atom stereocenters. The third-order valence-corrected chi connectivity index (χ3v) is 3.20. The molecule has 1 aromatic heterocycles. The molecule has 1 heterocycles. The second kappa shape index (κ2) is 8.53. The van der Waals surface area contributed by atoms with E-state index >= 15 is 0 Å². The zero-order valence-corrected chi connectivity index (χ0v) is 12.4. The molecule has 0 saturated heterocycles. The molecule has 1 amide bonds. The maximum atomic E-state index is 12.1. The lowest BCUT2D eigenvalue weighted by Crippen LogP contribution is -2.35. The minimum Gasteiger partial charge on any atom is -0.475 e. The minimum atomic E-state index is -0.165. The van der Waals surface area contributed by atoms with Crippen LogP contribution in [0.1, 0.15) is 50.4 Å². The molecular weight excluding hydrogens is 256 g/mol. The number of hydrogen-bond donors (Lipinski definition) is 2. The van der Waals surface area contributed by atoms with Crippen LogP contribution in [0.3, 0.4) is 0 Å². The number of aliphatic hydroxyl groups excluding tert-OH is 1. The third-order valence-electron chi connectivity index (χ3n) is 3.20. The van der Waals surface area contributed by atoms with Crippen molar-refractivity contribution >= 4 is 5.91 Å². The van der Waals surface area contributed by atoms with Crippen molar-refractivity contribution in [2.75, 3.05) is 6.61 Å². The Morgan fingerprint density at radius 3 is 2.80 bits per heavy atom. The van der Waals surface area contributed by atoms with Crippen LogP contribution in [0.25, 0.3) is 0 Å². The van der Waals surface area contributed by atoms with Crippen molar-refractivity contribution in [1.29, 1.82) is 0 Å². The summed E-state index contributed by atoms with van der Waals surface area (Å²) in [4.78, 5) is 16.2. The summed E-state index contributed by atoms with van der Waals surface area (Å²) in [5, 5.41) is 11.8. The van der Waals surface area contributed by atoms with Gasteiger partial charge in [-0.15, -0.1) is 0 Å². The first-order valence-corrected chi connectivity index (χ1v) is 7.15. The molecule has 2 N–H and O–H groups in total. The van der Waals surface area contributed by atoms with Crippen molar-refractivity contribution in [3.63, 3.8) is 0 Å². The Hall–Kier alpha value is -1.62. The van der Waals surface area contributed by atoms with Crippen molar-refractivity contribution in [3.8, 4) is 5.88 Å². The van der Waals surface area contributed by atoms with E-state index < -0.39 is 0 Å². The topological polar surface area (TPSA) is 71.5 Å². The second-order valence-corrected chi connectivity index (χ2v) is 4.81. The van der Waals surface area contributed by atoms with Crippen LogP contribution in [0.2, 0.25) is 0 Å². The lowest BCUT2D eigenvalue weighted by molar-refractivity contribution is 0.0928. The minimum absolute atomic E-state index is 0.0143. The van der Waals surface area contributed by atoms with Crippen molar-refractivity contribution in [2.45, 2.75) is 52.2 Å². The van der Waals surface area contributed by atoms with E-state index in [4.69, 9.17) is 9.84 Å². The number of aromatic nitrogens is 1. The zero-order chi connectivity index (χ0) is 15.0. The fourth-order valence-corrected chi connectivity index (χ4v) is 1.71. The number of ether oxygens (including phenoxy) is 1. The molecule has 0 fully saturated rings. The average Bonchev–Trinajstić information content (AvgIpc) is 2.46. The predicted molar refractivity (Wildman–Crippen MR) is 77.9 cm³/mol. The maximum Gasteiger partial charge on any atom is 0.251 e. The average molecular weight is 280 g/mol. The number of pyridine rings is 1. The van der Waals surface area contributed by atoms with Gasteiger partial charge in [-0.3, -0.25) is 4.79 Å². The molecule has 5 heteroatoms. The van der Waals surface area contributed by atoms with Gasteiger partial charge in [0.25, 0.3) is 5.91 Å². The van der Waals surface area contributed by atoms with Crippen molar-refractivity contribution in [2.24, 2.45) is 0 Å². The molecule has 0 aromatic carbocycles. The molecule has 0 aliphatic carbocycles. The number of carbonyl (C=O) groups is 1. The van der Waals surface area contributed by atoms with Crippen LogP contribution < -0.4 is 10.1 Å². The highest BCUT2D eigenvalue weighted by Crippen LogP contribution is 2.13. The summed E-state index contributed by atoms with van der Waals surface area (Å²) < 4.78 is 5.60. The third kappa shape index (κ3) is 5.17. The molecule has 0 aliphatic rings. The number of hydrogen-bond acceptors (Lipinski definition) is 4. The quantitative estimate of drug-likeness (QED) is 0.765. The first-order chi connectivity index (χ1) is 9.60. The van der Waals surface area contributed by atoms with E-state index in [1.54, 1.807) is 18.3 Å². The summed E-state index contributed by atoms with van der Waals surface area (Å²) in [6.07, 6.45) is 3.86. The van der Waals surface area contributed by atoms with E-state index in [0.717, 1.165) is 12.8 Å². The maximum absolute atomic E-state index is 12.1. The lowest BCUT2D eigenvalue weighted by atomic mass is 10.1. The van der Waals surface area contributed by atoms with Crippen LogP contribution in [-0.4, -0.2) is 34.8 Å². The second-order valence-electron chi connectivity index (χ2n) is 4.81. The fraction of sp³-hybridized carbons (Fsp3) is 0.600. The first-order valence-electron chi connectivity index (χ1n) is 7.15. The number of amides is 1. The van der Waals surface area contributed by atoms with Gasteiger partial charge in [-0.2, -0.15) is 0 Å². The number of nitrogens with zero attached hydrogens (tertiary/aromatic N) is 1. The van der Waals surface area contributed by atoms with Crippen LogP contribution in [0.4, 0.5) is 0 Å². The van der Waals surface area contributed by atoms with Crippen molar-refractivity contribution in [3.05, 3.63) is 23.9 Å². The SMILES string of the molecule is CCC(CCO)NC(=O)c1ccnc(OC(C)CC)c1. The van der Waals surface area contributed by atoms with Gasteiger partial charge in [-0.25, -0.2) is 4.98 Å². The lowest BCUT2D eigenvalue weighted by Gasteiger charge is -2.16. The summed E-state index contributed by atoms with van der Waals surface area (Å²) >= 11 is 0. The number of aliphatic hydroxyl groups is 1. The number of rotatable bonds is 8. The Bertz CT molecular complexity index is 423. The van der Waals surface area contributed by atoms with Gasteiger partial charge in [0.1, 0.15) is 0 Å². The first kappa shape index (κ1) is 16.4. The predicted octanol–water partition coefficient (Wildman–Crippen LogP) is 2.15. The van der Waals surface area contributed by atoms with E-state index in [9.17, 15) is 4.79 Å². The van der Waals surface area contributed by atoms with Gasteiger partial charge < -0.3 is 15.2 Å². The molecular formula is C15H24N2O3. The van der Waals surface area contributed by atoms with Gasteiger partial charge in [-0.05, 0) is 32.3 Å². The number of carbonyl (C=O) groups excluding carboxylic acids is 1. The number of nitrogens with one attached hydrogen (secondary N) is 1. The highest BCUT2D eigenvalue weighted by atomic mass is 16.5. The van der Waals surface area contributed by atoms with E-state index in [1.165, 1.54) is 0 Å². The molecule has 112 valence electrons. The normalized spacial score (nSPS) is 13.6. The van der Waals surface area contributed by atoms with E-state index in [1.807, 2.05) is 20.8 Å². The van der Waals surface area contributed by atoms with Gasteiger partial charge in [0.15, 0.2) is 0 Å². The Morgan fingerprint density at radius 1 is 1.45 bits per heavy atom. The summed E-state index contributed by atoms with van der Waals surface area (Å²) in [5.74, 6) is 0.295. The highest BCUT2D eigenvalue weighted by molar-refractivity contribution is 5.94. The monoisotopic (exact) mass is 280 g/mol. The Kier molecular flexibility index (Phi) is 7.01. The van der Waals surface area contributed by atoms with Crippen LogP contribution in [0.5, 0.6) is 5.88 Å². The van der Waals surface area contributed by atoms with E-state index in [0.29, 0.717) is 17.9 Å². The van der Waals surface area contributed by atoms with Gasteiger partial charge in [0, 0.05) is 30.5 Å². The Morgan fingerprint density at radius 2 is 2.20 bits per heavy atom. The van der Waals surface area contributed by atoms with Gasteiger partial charge in [-0.1, -0.05) is 13.8 Å². The van der Waals surface area contributed by atoms with Crippen molar-refractivity contribution in [1.82, 2.24) is 10.3 Å². The molecule has 5 nitrogen and oxygen atoms in total. The van der Waals surface area contributed by atoms with Crippen LogP contribution in [0.15, 0.2) is 18.3 Å². The smallest absolute Gasteiger partial charge is 0.251 e. The summed E-state index contributed by atoms with van der Waals surface area (Å²) in [7, 11) is 0. The molecule has 1 aromatic rings. The molecule has 0 spiro atoms. The molecule has 0 radical (unpaired) electrons. The zero-order valence-electron chi connectivity index (χ0n) is 12.4. The summed E-state index contributed by atoms with van der Waals surface area (Å²) in [6.45, 7) is 6.03. The molecule has 0 bridgehead atoms. The largest absolute Gasteiger partial charge is 0.475 e. The standard InChI is InChI=1S/C15H24N2O3/c1-4-11(3)20-14-10-12(6-8-16-14)15(19)17-13(5-2)7-9-18/h6,8,10-11,13,18H,4-5,7,9H2,1-3H3,(H,17,19). The van der Waals surface area contributed by atoms with Crippen LogP contribution in [-0.2, 0) is 0 Å². The summed E-state index contributed by atoms with van der Waals surface area (Å²) in [5.41, 5.74) is 0.523. The molecule has 0 aliphatic heterocycles. The molecule has 1 rings (SSSR count). The summed E-state index contributed by atoms with van der Waals surface area (Å²) in [6, 6.07) is 3.29. The molecule has 0 saturated carbocycles. The van der Waals surface area contributed by atoms with Gasteiger partial charge in [0.05, 0.1) is 6.10 Å². The van der Waals surface area contributed by atoms with Crippen LogP contribution in [0, 0.1) is 0 Å². The molecule has 2 atom stereocenters. The Labute approximate surface area is 120 Å². The van der Waals surface area contributed by atoms with Gasteiger partial charge in [0.2, 0.25) is 5.88 Å². The van der Waals surface area contributed by atoms with Crippen molar-refractivity contribution < 1.29 is 14.6 Å². The Balaban J connectivity index is 2.70. The fourth-order valence-electron chi connectivity index (χ4n) is 1.71. The highest BCUT2D eigenvalue weighted by Gasteiger charge is 2.13.